The summed E-state index contributed by atoms with van der Waals surface area (Å²) in [5, 5.41) is 7.21. The molecule has 0 unspecified atom stereocenters. The Balaban J connectivity index is 1.76. The number of fused-ring (bicyclic) bond motifs is 1. The van der Waals surface area contributed by atoms with Crippen molar-refractivity contribution in [2.75, 3.05) is 32.5 Å². The van der Waals surface area contributed by atoms with Crippen LogP contribution in [0.25, 0.3) is 10.2 Å². The van der Waals surface area contributed by atoms with Crippen LogP contribution in [-0.4, -0.2) is 54.1 Å². The highest BCUT2D eigenvalue weighted by Gasteiger charge is 2.14. The number of aromatic nitrogens is 1. The van der Waals surface area contributed by atoms with E-state index in [9.17, 15) is 4.79 Å². The molecular formula is C15H22N6OS2. The molecule has 1 heterocycles. The minimum atomic E-state index is -0.442. The molecule has 0 spiro atoms. The van der Waals surface area contributed by atoms with Gasteiger partial charge in [-0.15, -0.1) is 0 Å². The number of para-hydroxylation sites is 1. The number of anilines is 1. The first-order chi connectivity index (χ1) is 11.5. The van der Waals surface area contributed by atoms with E-state index in [1.807, 2.05) is 43.3 Å². The van der Waals surface area contributed by atoms with E-state index in [1.165, 1.54) is 11.3 Å². The number of likely N-dealkylation sites (N-methyl/N-ethyl adjacent to an activating group) is 1. The second-order valence-corrected chi connectivity index (χ2v) is 6.97. The Morgan fingerprint density at radius 1 is 1.33 bits per heavy atom. The molecule has 0 bridgehead atoms. The number of amides is 1. The zero-order chi connectivity index (χ0) is 17.5. The molecule has 0 aliphatic rings. The number of rotatable bonds is 6. The molecule has 1 atom stereocenters. The molecule has 7 nitrogen and oxygen atoms in total. The highest BCUT2D eigenvalue weighted by atomic mass is 32.1. The number of nitrogens with one attached hydrogen (secondary N) is 4. The number of carbonyl (C=O) groups is 1. The van der Waals surface area contributed by atoms with E-state index in [0.29, 0.717) is 16.8 Å². The molecule has 1 amide bonds. The molecule has 0 saturated heterocycles. The van der Waals surface area contributed by atoms with Crippen LogP contribution in [0, 0.1) is 0 Å². The molecule has 0 saturated carbocycles. The topological polar surface area (TPSA) is 81.3 Å². The minimum absolute atomic E-state index is 0.217. The predicted octanol–water partition coefficient (Wildman–Crippen LogP) is 1.15. The summed E-state index contributed by atoms with van der Waals surface area (Å²) in [5.74, 6) is -0.217. The maximum atomic E-state index is 12.1. The second kappa shape index (κ2) is 8.76. The quantitative estimate of drug-likeness (QED) is 0.451. The largest absolute Gasteiger partial charge is 0.360 e. The Labute approximate surface area is 150 Å². The van der Waals surface area contributed by atoms with E-state index in [0.717, 1.165) is 16.8 Å². The van der Waals surface area contributed by atoms with Crippen LogP contribution in [0.15, 0.2) is 24.3 Å². The maximum Gasteiger partial charge on any atom is 0.260 e. The average Bonchev–Trinajstić information content (AvgIpc) is 2.94. The van der Waals surface area contributed by atoms with Crippen molar-refractivity contribution < 1.29 is 4.79 Å². The Kier molecular flexibility index (Phi) is 6.71. The summed E-state index contributed by atoms with van der Waals surface area (Å²) in [6.07, 6.45) is 0. The van der Waals surface area contributed by atoms with Gasteiger partial charge in [-0.25, -0.2) is 4.98 Å². The van der Waals surface area contributed by atoms with Gasteiger partial charge in [-0.1, -0.05) is 23.5 Å². The third kappa shape index (κ3) is 5.59. The van der Waals surface area contributed by atoms with Gasteiger partial charge >= 0.3 is 0 Å². The summed E-state index contributed by atoms with van der Waals surface area (Å²) >= 11 is 6.61. The van der Waals surface area contributed by atoms with Crippen molar-refractivity contribution in [1.29, 1.82) is 0 Å². The number of thiocarbonyl (C=S) groups is 1. The third-order valence-electron chi connectivity index (χ3n) is 3.17. The molecule has 1 aromatic carbocycles. The zero-order valence-electron chi connectivity index (χ0n) is 13.9. The Bertz CT molecular complexity index is 669. The summed E-state index contributed by atoms with van der Waals surface area (Å²) in [5.41, 5.74) is 6.20. The Hall–Kier alpha value is -1.97. The van der Waals surface area contributed by atoms with Gasteiger partial charge < -0.3 is 15.5 Å². The first-order valence-corrected chi connectivity index (χ1v) is 8.78. The predicted molar refractivity (Wildman–Crippen MR) is 103 cm³/mol. The van der Waals surface area contributed by atoms with Crippen molar-refractivity contribution in [3.05, 3.63) is 24.3 Å². The molecule has 24 heavy (non-hydrogen) atoms. The lowest BCUT2D eigenvalue weighted by molar-refractivity contribution is -0.122. The van der Waals surface area contributed by atoms with Crippen LogP contribution in [0.2, 0.25) is 0 Å². The molecule has 1 aromatic heterocycles. The number of hydrazine groups is 1. The van der Waals surface area contributed by atoms with E-state index in [-0.39, 0.29) is 5.91 Å². The fourth-order valence-electron chi connectivity index (χ4n) is 1.85. The van der Waals surface area contributed by atoms with Crippen LogP contribution in [0.1, 0.15) is 6.92 Å². The first kappa shape index (κ1) is 18.4. The van der Waals surface area contributed by atoms with Crippen LogP contribution >= 0.6 is 23.6 Å². The summed E-state index contributed by atoms with van der Waals surface area (Å²) in [4.78, 5) is 18.6. The van der Waals surface area contributed by atoms with Crippen molar-refractivity contribution in [2.45, 2.75) is 13.0 Å². The van der Waals surface area contributed by atoms with Crippen molar-refractivity contribution in [3.63, 3.8) is 0 Å². The standard InChI is InChI=1S/C15H22N6OS2/c1-10(13(22)19-20-14(23)16-8-9-21(2)3)17-15-18-11-6-4-5-7-12(11)24-15/h4-7,10H,8-9H2,1-3H3,(H,17,18)(H,19,22)(H2,16,20,23)/t10-/m1/s1. The van der Waals surface area contributed by atoms with Gasteiger partial charge in [0.05, 0.1) is 10.2 Å². The van der Waals surface area contributed by atoms with Gasteiger partial charge in [-0.05, 0) is 45.4 Å². The molecule has 0 fully saturated rings. The van der Waals surface area contributed by atoms with Gasteiger partial charge in [-0.2, -0.15) is 0 Å². The van der Waals surface area contributed by atoms with Crippen LogP contribution < -0.4 is 21.5 Å². The summed E-state index contributed by atoms with van der Waals surface area (Å²) in [7, 11) is 3.96. The van der Waals surface area contributed by atoms with Crippen LogP contribution in [0.4, 0.5) is 5.13 Å². The van der Waals surface area contributed by atoms with Crippen LogP contribution in [-0.2, 0) is 4.79 Å². The van der Waals surface area contributed by atoms with E-state index in [1.54, 1.807) is 6.92 Å². The maximum absolute atomic E-state index is 12.1. The van der Waals surface area contributed by atoms with E-state index < -0.39 is 6.04 Å². The highest BCUT2D eigenvalue weighted by Crippen LogP contribution is 2.25. The SMILES string of the molecule is C[C@@H](Nc1nc2ccccc2s1)C(=O)NNC(=S)NCCN(C)C. The van der Waals surface area contributed by atoms with Crippen molar-refractivity contribution in [3.8, 4) is 0 Å². The molecule has 0 aliphatic carbocycles. The monoisotopic (exact) mass is 366 g/mol. The van der Waals surface area contributed by atoms with E-state index >= 15 is 0 Å². The van der Waals surface area contributed by atoms with Gasteiger partial charge in [0.25, 0.3) is 5.91 Å². The van der Waals surface area contributed by atoms with Crippen molar-refractivity contribution in [2.24, 2.45) is 0 Å². The van der Waals surface area contributed by atoms with Crippen molar-refractivity contribution >= 4 is 49.9 Å². The molecule has 9 heteroatoms. The fourth-order valence-corrected chi connectivity index (χ4v) is 2.95. The number of benzene rings is 1. The molecule has 4 N–H and O–H groups in total. The normalized spacial score (nSPS) is 12.0. The summed E-state index contributed by atoms with van der Waals surface area (Å²) in [6, 6.07) is 7.41. The molecule has 130 valence electrons. The van der Waals surface area contributed by atoms with Gasteiger partial charge in [0, 0.05) is 13.1 Å². The molecule has 2 rings (SSSR count). The van der Waals surface area contributed by atoms with Gasteiger partial charge in [0.15, 0.2) is 10.2 Å². The fraction of sp³-hybridized carbons (Fsp3) is 0.400. The Morgan fingerprint density at radius 2 is 2.08 bits per heavy atom. The second-order valence-electron chi connectivity index (χ2n) is 5.53. The lowest BCUT2D eigenvalue weighted by Crippen LogP contribution is -2.51. The lowest BCUT2D eigenvalue weighted by Gasteiger charge is -2.16. The molecular weight excluding hydrogens is 344 g/mol. The number of hydrogen-bond donors (Lipinski definition) is 4. The van der Waals surface area contributed by atoms with Gasteiger partial charge in [-0.3, -0.25) is 15.6 Å². The number of nitrogens with zero attached hydrogens (tertiary/aromatic N) is 2. The summed E-state index contributed by atoms with van der Waals surface area (Å²) in [6.45, 7) is 3.32. The smallest absolute Gasteiger partial charge is 0.260 e. The average molecular weight is 367 g/mol. The van der Waals surface area contributed by atoms with Gasteiger partial charge in [0.1, 0.15) is 6.04 Å². The Morgan fingerprint density at radius 3 is 2.79 bits per heavy atom. The minimum Gasteiger partial charge on any atom is -0.360 e. The lowest BCUT2D eigenvalue weighted by atomic mass is 10.3. The molecule has 0 aliphatic heterocycles. The first-order valence-electron chi connectivity index (χ1n) is 7.56. The highest BCUT2D eigenvalue weighted by molar-refractivity contribution is 7.80. The number of carbonyl (C=O) groups excluding carboxylic acids is 1. The molecule has 2 aromatic rings. The summed E-state index contributed by atoms with van der Waals surface area (Å²) < 4.78 is 1.08. The zero-order valence-corrected chi connectivity index (χ0v) is 15.6. The van der Waals surface area contributed by atoms with E-state index in [4.69, 9.17) is 12.2 Å². The number of thiazole rings is 1. The number of hydrogen-bond acceptors (Lipinski definition) is 6. The van der Waals surface area contributed by atoms with Gasteiger partial charge in [0.2, 0.25) is 0 Å². The van der Waals surface area contributed by atoms with Crippen LogP contribution in [0.5, 0.6) is 0 Å². The van der Waals surface area contributed by atoms with Crippen molar-refractivity contribution in [1.82, 2.24) is 26.1 Å². The third-order valence-corrected chi connectivity index (χ3v) is 4.38. The van der Waals surface area contributed by atoms with Crippen LogP contribution in [0.3, 0.4) is 0 Å². The van der Waals surface area contributed by atoms with E-state index in [2.05, 4.69) is 26.5 Å². The molecule has 0 radical (unpaired) electrons.